The highest BCUT2D eigenvalue weighted by Gasteiger charge is 2.14. The van der Waals surface area contributed by atoms with Gasteiger partial charge in [-0.25, -0.2) is 4.39 Å². The largest absolute Gasteiger partial charge is 0.491 e. The van der Waals surface area contributed by atoms with Crippen LogP contribution in [0.2, 0.25) is 0 Å². The maximum atomic E-state index is 13.4. The van der Waals surface area contributed by atoms with Gasteiger partial charge in [0.05, 0.1) is 6.61 Å². The molecule has 1 aromatic rings. The first kappa shape index (κ1) is 14.0. The minimum Gasteiger partial charge on any atom is -0.491 e. The van der Waals surface area contributed by atoms with Crippen molar-refractivity contribution in [2.75, 3.05) is 13.2 Å². The molecule has 0 aliphatic rings. The van der Waals surface area contributed by atoms with Crippen molar-refractivity contribution in [1.82, 2.24) is 0 Å². The Bertz CT molecular complexity index is 363. The second-order valence-corrected chi connectivity index (χ2v) is 5.25. The average Bonchev–Trinajstić information content (AvgIpc) is 2.29. The molecule has 0 bridgehead atoms. The number of rotatable bonds is 6. The lowest BCUT2D eigenvalue weighted by Crippen LogP contribution is -2.24. The van der Waals surface area contributed by atoms with Gasteiger partial charge in [-0.05, 0) is 49.4 Å². The van der Waals surface area contributed by atoms with Gasteiger partial charge in [0.15, 0.2) is 11.6 Å². The number of benzene rings is 1. The van der Waals surface area contributed by atoms with Crippen LogP contribution in [0.4, 0.5) is 4.39 Å². The van der Waals surface area contributed by atoms with Crippen LogP contribution in [0, 0.1) is 18.2 Å². The molecule has 0 amide bonds. The molecule has 0 aliphatic carbocycles. The van der Waals surface area contributed by atoms with E-state index in [2.05, 4.69) is 13.8 Å². The summed E-state index contributed by atoms with van der Waals surface area (Å²) in [5.41, 5.74) is 6.78. The topological polar surface area (TPSA) is 35.2 Å². The Balaban J connectivity index is 2.38. The van der Waals surface area contributed by atoms with Gasteiger partial charge in [-0.15, -0.1) is 0 Å². The van der Waals surface area contributed by atoms with Crippen molar-refractivity contribution in [3.8, 4) is 5.75 Å². The molecule has 2 nitrogen and oxygen atoms in total. The molecule has 1 rings (SSSR count). The zero-order valence-electron chi connectivity index (χ0n) is 10.9. The lowest BCUT2D eigenvalue weighted by molar-refractivity contribution is 0.253. The molecule has 0 aliphatic heterocycles. The van der Waals surface area contributed by atoms with Crippen LogP contribution >= 0.6 is 0 Å². The summed E-state index contributed by atoms with van der Waals surface area (Å²) >= 11 is 0. The Labute approximate surface area is 103 Å². The first-order valence-corrected chi connectivity index (χ1v) is 6.04. The summed E-state index contributed by atoms with van der Waals surface area (Å²) in [4.78, 5) is 0. The molecule has 96 valence electrons. The molecule has 1 aromatic carbocycles. The van der Waals surface area contributed by atoms with Crippen molar-refractivity contribution in [2.24, 2.45) is 11.1 Å². The average molecular weight is 239 g/mol. The van der Waals surface area contributed by atoms with Gasteiger partial charge in [-0.2, -0.15) is 0 Å². The lowest BCUT2D eigenvalue weighted by Gasteiger charge is -2.21. The van der Waals surface area contributed by atoms with Crippen LogP contribution in [-0.2, 0) is 0 Å². The van der Waals surface area contributed by atoms with Crippen LogP contribution in [0.5, 0.6) is 5.75 Å². The Morgan fingerprint density at radius 1 is 1.35 bits per heavy atom. The van der Waals surface area contributed by atoms with Crippen molar-refractivity contribution < 1.29 is 9.13 Å². The molecule has 0 heterocycles. The summed E-state index contributed by atoms with van der Waals surface area (Å²) in [6, 6.07) is 4.90. The van der Waals surface area contributed by atoms with Crippen LogP contribution in [0.3, 0.4) is 0 Å². The number of ether oxygens (including phenoxy) is 1. The lowest BCUT2D eigenvalue weighted by atomic mass is 9.88. The quantitative estimate of drug-likeness (QED) is 0.773. The van der Waals surface area contributed by atoms with Crippen molar-refractivity contribution >= 4 is 0 Å². The van der Waals surface area contributed by atoms with E-state index >= 15 is 0 Å². The Kier molecular flexibility index (Phi) is 4.94. The number of hydrogen-bond donors (Lipinski definition) is 1. The highest BCUT2D eigenvalue weighted by Crippen LogP contribution is 2.22. The predicted molar refractivity (Wildman–Crippen MR) is 68.7 cm³/mol. The maximum Gasteiger partial charge on any atom is 0.165 e. The first-order valence-electron chi connectivity index (χ1n) is 6.04. The maximum absolute atomic E-state index is 13.4. The minimum absolute atomic E-state index is 0.133. The molecule has 0 saturated heterocycles. The third-order valence-corrected chi connectivity index (χ3v) is 2.89. The van der Waals surface area contributed by atoms with E-state index < -0.39 is 0 Å². The van der Waals surface area contributed by atoms with Crippen molar-refractivity contribution in [3.05, 3.63) is 29.6 Å². The number of nitrogens with two attached hydrogens (primary N) is 1. The van der Waals surface area contributed by atoms with Crippen molar-refractivity contribution in [1.29, 1.82) is 0 Å². The van der Waals surface area contributed by atoms with Crippen LogP contribution in [0.1, 0.15) is 32.3 Å². The van der Waals surface area contributed by atoms with Gasteiger partial charge in [0, 0.05) is 0 Å². The SMILES string of the molecule is Cc1ccc(F)c(OCCCC(C)(C)CN)c1. The van der Waals surface area contributed by atoms with Crippen LogP contribution < -0.4 is 10.5 Å². The fourth-order valence-corrected chi connectivity index (χ4v) is 1.56. The molecule has 0 fully saturated rings. The smallest absolute Gasteiger partial charge is 0.165 e. The summed E-state index contributed by atoms with van der Waals surface area (Å²) in [5.74, 6) is 0.0456. The molecular weight excluding hydrogens is 217 g/mol. The van der Waals surface area contributed by atoms with Gasteiger partial charge in [0.25, 0.3) is 0 Å². The van der Waals surface area contributed by atoms with Gasteiger partial charge in [0.2, 0.25) is 0 Å². The van der Waals surface area contributed by atoms with Gasteiger partial charge < -0.3 is 10.5 Å². The fourth-order valence-electron chi connectivity index (χ4n) is 1.56. The third-order valence-electron chi connectivity index (χ3n) is 2.89. The first-order chi connectivity index (χ1) is 7.94. The molecule has 2 N–H and O–H groups in total. The second kappa shape index (κ2) is 6.01. The monoisotopic (exact) mass is 239 g/mol. The molecule has 0 radical (unpaired) electrons. The number of hydrogen-bond acceptors (Lipinski definition) is 2. The molecule has 0 unspecified atom stereocenters. The Morgan fingerprint density at radius 2 is 2.06 bits per heavy atom. The summed E-state index contributed by atoms with van der Waals surface area (Å²) in [6.45, 7) is 7.36. The zero-order valence-corrected chi connectivity index (χ0v) is 10.9. The fraction of sp³-hybridized carbons (Fsp3) is 0.571. The Hall–Kier alpha value is -1.09. The highest BCUT2D eigenvalue weighted by molar-refractivity contribution is 5.29. The van der Waals surface area contributed by atoms with Crippen molar-refractivity contribution in [3.63, 3.8) is 0 Å². The summed E-state index contributed by atoms with van der Waals surface area (Å²) in [5, 5.41) is 0. The van der Waals surface area contributed by atoms with Gasteiger partial charge >= 0.3 is 0 Å². The highest BCUT2D eigenvalue weighted by atomic mass is 19.1. The van der Waals surface area contributed by atoms with Gasteiger partial charge in [-0.3, -0.25) is 0 Å². The number of aryl methyl sites for hydroxylation is 1. The summed E-state index contributed by atoms with van der Waals surface area (Å²) in [7, 11) is 0. The molecule has 17 heavy (non-hydrogen) atoms. The van der Waals surface area contributed by atoms with Crippen molar-refractivity contribution in [2.45, 2.75) is 33.6 Å². The van der Waals surface area contributed by atoms with E-state index in [0.717, 1.165) is 18.4 Å². The molecular formula is C14H22FNO. The standard InChI is InChI=1S/C14H22FNO/c1-11-5-6-12(15)13(9-11)17-8-4-7-14(2,3)10-16/h5-6,9H,4,7-8,10,16H2,1-3H3. The summed E-state index contributed by atoms with van der Waals surface area (Å²) in [6.07, 6.45) is 1.87. The minimum atomic E-state index is -0.298. The van der Waals surface area contributed by atoms with Crippen LogP contribution in [0.15, 0.2) is 18.2 Å². The molecule has 0 saturated carbocycles. The third kappa shape index (κ3) is 4.73. The van der Waals surface area contributed by atoms with E-state index in [4.69, 9.17) is 10.5 Å². The molecule has 0 spiro atoms. The normalized spacial score (nSPS) is 11.6. The molecule has 3 heteroatoms. The van der Waals surface area contributed by atoms with Crippen LogP contribution in [-0.4, -0.2) is 13.2 Å². The van der Waals surface area contributed by atoms with E-state index in [1.807, 2.05) is 6.92 Å². The van der Waals surface area contributed by atoms with E-state index in [9.17, 15) is 4.39 Å². The van der Waals surface area contributed by atoms with Gasteiger partial charge in [0.1, 0.15) is 0 Å². The van der Waals surface area contributed by atoms with E-state index in [0.29, 0.717) is 18.9 Å². The molecule has 0 atom stereocenters. The zero-order chi connectivity index (χ0) is 12.9. The molecule has 0 aromatic heterocycles. The van der Waals surface area contributed by atoms with E-state index in [-0.39, 0.29) is 11.2 Å². The van der Waals surface area contributed by atoms with Crippen LogP contribution in [0.25, 0.3) is 0 Å². The predicted octanol–water partition coefficient (Wildman–Crippen LogP) is 3.28. The van der Waals surface area contributed by atoms with Gasteiger partial charge in [-0.1, -0.05) is 19.9 Å². The van der Waals surface area contributed by atoms with E-state index in [1.165, 1.54) is 6.07 Å². The second-order valence-electron chi connectivity index (χ2n) is 5.25. The number of halogens is 1. The Morgan fingerprint density at radius 3 is 2.71 bits per heavy atom. The summed E-state index contributed by atoms with van der Waals surface area (Å²) < 4.78 is 18.8. The van der Waals surface area contributed by atoms with E-state index in [1.54, 1.807) is 12.1 Å².